The minimum atomic E-state index is 0.306. The molecule has 0 bridgehead atoms. The van der Waals surface area contributed by atoms with Crippen molar-refractivity contribution in [1.29, 1.82) is 0 Å². The largest absolute Gasteiger partial charge is 0.492 e. The molecule has 3 heterocycles. The van der Waals surface area contributed by atoms with Crippen LogP contribution in [0.4, 0.5) is 0 Å². The van der Waals surface area contributed by atoms with Gasteiger partial charge in [0.15, 0.2) is 11.5 Å². The van der Waals surface area contributed by atoms with Gasteiger partial charge in [-0.2, -0.15) is 0 Å². The van der Waals surface area contributed by atoms with Gasteiger partial charge < -0.3 is 24.4 Å². The maximum Gasteiger partial charge on any atom is 0.231 e. The number of benzene rings is 1. The number of nitrogens with zero attached hydrogens (tertiary/aromatic N) is 1. The van der Waals surface area contributed by atoms with Crippen molar-refractivity contribution in [2.75, 3.05) is 33.0 Å². The molecule has 2 saturated heterocycles. The lowest BCUT2D eigenvalue weighted by Crippen LogP contribution is -2.46. The van der Waals surface area contributed by atoms with Crippen LogP contribution in [-0.4, -0.2) is 50.0 Å². The molecule has 1 aromatic carbocycles. The Morgan fingerprint density at radius 1 is 1.18 bits per heavy atom. The smallest absolute Gasteiger partial charge is 0.231 e. The van der Waals surface area contributed by atoms with E-state index in [-0.39, 0.29) is 0 Å². The molecule has 1 N–H and O–H groups in total. The first-order chi connectivity index (χ1) is 10.9. The van der Waals surface area contributed by atoms with Crippen molar-refractivity contribution in [3.8, 4) is 17.2 Å². The predicted molar refractivity (Wildman–Crippen MR) is 83.7 cm³/mol. The Balaban J connectivity index is 1.19. The van der Waals surface area contributed by atoms with Gasteiger partial charge in [0.1, 0.15) is 12.4 Å². The summed E-state index contributed by atoms with van der Waals surface area (Å²) in [4.78, 5) is 2.65. The first-order valence-corrected chi connectivity index (χ1v) is 8.38. The topological polar surface area (TPSA) is 43.0 Å². The molecule has 0 aromatic heterocycles. The first kappa shape index (κ1) is 14.2. The van der Waals surface area contributed by atoms with Crippen molar-refractivity contribution in [3.05, 3.63) is 18.2 Å². The highest BCUT2D eigenvalue weighted by molar-refractivity contribution is 5.46. The second kappa shape index (κ2) is 6.34. The molecule has 0 spiro atoms. The monoisotopic (exact) mass is 304 g/mol. The fourth-order valence-corrected chi connectivity index (χ4v) is 3.81. The summed E-state index contributed by atoms with van der Waals surface area (Å²) < 4.78 is 16.5. The van der Waals surface area contributed by atoms with Crippen molar-refractivity contribution >= 4 is 0 Å². The van der Waals surface area contributed by atoms with E-state index in [1.54, 1.807) is 0 Å². The summed E-state index contributed by atoms with van der Waals surface area (Å²) >= 11 is 0. The molecular formula is C17H24N2O3. The fraction of sp³-hybridized carbons (Fsp3) is 0.647. The summed E-state index contributed by atoms with van der Waals surface area (Å²) in [5, 5.41) is 3.65. The van der Waals surface area contributed by atoms with E-state index in [0.717, 1.165) is 29.8 Å². The maximum absolute atomic E-state index is 5.80. The van der Waals surface area contributed by atoms with Crippen molar-refractivity contribution in [2.45, 2.75) is 37.8 Å². The van der Waals surface area contributed by atoms with Crippen molar-refractivity contribution < 1.29 is 14.2 Å². The Morgan fingerprint density at radius 3 is 3.14 bits per heavy atom. The highest BCUT2D eigenvalue weighted by Crippen LogP contribution is 2.35. The molecule has 4 rings (SSSR count). The van der Waals surface area contributed by atoms with E-state index in [0.29, 0.717) is 19.4 Å². The molecule has 0 radical (unpaired) electrons. The molecule has 3 aliphatic heterocycles. The van der Waals surface area contributed by atoms with Crippen LogP contribution in [0, 0.1) is 0 Å². The molecule has 22 heavy (non-hydrogen) atoms. The number of rotatable bonds is 5. The molecule has 0 aliphatic carbocycles. The summed E-state index contributed by atoms with van der Waals surface area (Å²) in [6.07, 6.45) is 5.32. The molecule has 5 nitrogen and oxygen atoms in total. The molecule has 1 aromatic rings. The molecule has 0 unspecified atom stereocenters. The number of hydrogen-bond donors (Lipinski definition) is 1. The van der Waals surface area contributed by atoms with Gasteiger partial charge in [-0.1, -0.05) is 0 Å². The number of fused-ring (bicyclic) bond motifs is 2. The van der Waals surface area contributed by atoms with Gasteiger partial charge in [0.2, 0.25) is 6.79 Å². The Labute approximate surface area is 131 Å². The average molecular weight is 304 g/mol. The lowest BCUT2D eigenvalue weighted by Gasteiger charge is -2.35. The van der Waals surface area contributed by atoms with Gasteiger partial charge in [-0.05, 0) is 50.9 Å². The van der Waals surface area contributed by atoms with E-state index in [1.807, 2.05) is 18.2 Å². The predicted octanol–water partition coefficient (Wildman–Crippen LogP) is 2.01. The van der Waals surface area contributed by atoms with E-state index in [4.69, 9.17) is 14.2 Å². The van der Waals surface area contributed by atoms with E-state index in [2.05, 4.69) is 10.2 Å². The highest BCUT2D eigenvalue weighted by atomic mass is 16.7. The van der Waals surface area contributed by atoms with E-state index >= 15 is 0 Å². The zero-order valence-electron chi connectivity index (χ0n) is 12.9. The van der Waals surface area contributed by atoms with Crippen LogP contribution in [0.2, 0.25) is 0 Å². The van der Waals surface area contributed by atoms with Crippen molar-refractivity contribution in [1.82, 2.24) is 10.2 Å². The lowest BCUT2D eigenvalue weighted by atomic mass is 9.98. The first-order valence-electron chi connectivity index (χ1n) is 8.38. The van der Waals surface area contributed by atoms with Gasteiger partial charge in [0.05, 0.1) is 0 Å². The second-order valence-electron chi connectivity index (χ2n) is 6.37. The van der Waals surface area contributed by atoms with Crippen LogP contribution in [0.5, 0.6) is 17.2 Å². The minimum absolute atomic E-state index is 0.306. The van der Waals surface area contributed by atoms with Crippen molar-refractivity contribution in [2.24, 2.45) is 0 Å². The summed E-state index contributed by atoms with van der Waals surface area (Å²) in [5.41, 5.74) is 0. The quantitative estimate of drug-likeness (QED) is 0.843. The van der Waals surface area contributed by atoms with Crippen LogP contribution >= 0.6 is 0 Å². The summed E-state index contributed by atoms with van der Waals surface area (Å²) in [6.45, 7) is 4.45. The third-order valence-corrected chi connectivity index (χ3v) is 4.97. The number of ether oxygens (including phenoxy) is 3. The summed E-state index contributed by atoms with van der Waals surface area (Å²) in [6, 6.07) is 7.21. The normalized spacial score (nSPS) is 26.9. The summed E-state index contributed by atoms with van der Waals surface area (Å²) in [7, 11) is 0. The minimum Gasteiger partial charge on any atom is -0.492 e. The van der Waals surface area contributed by atoms with Crippen LogP contribution in [-0.2, 0) is 0 Å². The van der Waals surface area contributed by atoms with Crippen LogP contribution in [0.25, 0.3) is 0 Å². The van der Waals surface area contributed by atoms with E-state index in [1.165, 1.54) is 38.8 Å². The third kappa shape index (κ3) is 3.01. The fourth-order valence-electron chi connectivity index (χ4n) is 3.81. The molecule has 2 fully saturated rings. The molecule has 120 valence electrons. The van der Waals surface area contributed by atoms with Crippen LogP contribution < -0.4 is 19.5 Å². The van der Waals surface area contributed by atoms with Gasteiger partial charge in [-0.3, -0.25) is 0 Å². The Kier molecular flexibility index (Phi) is 4.08. The highest BCUT2D eigenvalue weighted by Gasteiger charge is 2.31. The number of nitrogens with one attached hydrogen (secondary N) is 1. The standard InChI is InChI=1S/C17H24N2O3/c1-2-14-10-13(5-8-19(14)7-1)18-6-9-20-15-3-4-16-17(11-15)22-12-21-16/h3-4,11,13-14,18H,1-2,5-10,12H2/t13-,14+/m1/s1. The van der Waals surface area contributed by atoms with Crippen LogP contribution in [0.3, 0.4) is 0 Å². The second-order valence-corrected chi connectivity index (χ2v) is 6.37. The van der Waals surface area contributed by atoms with Gasteiger partial charge in [-0.15, -0.1) is 0 Å². The summed E-state index contributed by atoms with van der Waals surface area (Å²) in [5.74, 6) is 2.42. The van der Waals surface area contributed by atoms with Crippen LogP contribution in [0.15, 0.2) is 18.2 Å². The van der Waals surface area contributed by atoms with Gasteiger partial charge in [0.25, 0.3) is 0 Å². The van der Waals surface area contributed by atoms with E-state index < -0.39 is 0 Å². The van der Waals surface area contributed by atoms with Crippen LogP contribution in [0.1, 0.15) is 25.7 Å². The molecule has 3 aliphatic rings. The number of hydrogen-bond acceptors (Lipinski definition) is 5. The molecule has 0 saturated carbocycles. The zero-order valence-corrected chi connectivity index (χ0v) is 12.9. The lowest BCUT2D eigenvalue weighted by molar-refractivity contribution is 0.163. The maximum atomic E-state index is 5.80. The Hall–Kier alpha value is -1.46. The van der Waals surface area contributed by atoms with Gasteiger partial charge in [0, 0.05) is 24.7 Å². The van der Waals surface area contributed by atoms with Gasteiger partial charge >= 0.3 is 0 Å². The SMILES string of the molecule is c1cc2c(cc1OCCN[C@@H]1CCN3CCC[C@H]3C1)OCO2. The van der Waals surface area contributed by atoms with E-state index in [9.17, 15) is 0 Å². The molecule has 5 heteroatoms. The zero-order chi connectivity index (χ0) is 14.8. The molecule has 2 atom stereocenters. The average Bonchev–Trinajstić information content (AvgIpc) is 3.19. The van der Waals surface area contributed by atoms with Gasteiger partial charge in [-0.25, -0.2) is 0 Å². The Bertz CT molecular complexity index is 523. The number of piperidine rings is 1. The Morgan fingerprint density at radius 2 is 2.14 bits per heavy atom. The third-order valence-electron chi connectivity index (χ3n) is 4.97. The van der Waals surface area contributed by atoms with Crippen molar-refractivity contribution in [3.63, 3.8) is 0 Å². The molecular weight excluding hydrogens is 280 g/mol. The molecule has 0 amide bonds.